The number of aromatic nitrogens is 3. The van der Waals surface area contributed by atoms with Crippen molar-refractivity contribution < 1.29 is 0 Å². The number of benzene rings is 11. The molecule has 1 heterocycles. The van der Waals surface area contributed by atoms with E-state index in [2.05, 4.69) is 249 Å². The lowest BCUT2D eigenvalue weighted by Crippen LogP contribution is -2.00. The third kappa shape index (κ3) is 7.19. The van der Waals surface area contributed by atoms with Crippen LogP contribution in [0.25, 0.3) is 122 Å². The van der Waals surface area contributed by atoms with Crippen molar-refractivity contribution in [3.05, 3.63) is 249 Å². The maximum Gasteiger partial charge on any atom is 0.164 e. The fourth-order valence-corrected chi connectivity index (χ4v) is 9.52. The van der Waals surface area contributed by atoms with Gasteiger partial charge in [0.25, 0.3) is 0 Å². The maximum absolute atomic E-state index is 5.24. The summed E-state index contributed by atoms with van der Waals surface area (Å²) < 4.78 is 0. The first-order chi connectivity index (χ1) is 32.7. The highest BCUT2D eigenvalue weighted by molar-refractivity contribution is 6.06. The number of hydrogen-bond acceptors (Lipinski definition) is 3. The SMILES string of the molecule is c1ccc(-c2ccc3ccccc3c2-c2ccc(-c3nc(-c4ccc(-c5cccc6ccccc56)cc4)nc(-c4cccc(-c5cccc6c(-c7ccccc7)cccc56)c4)n3)cc2)cc1. The molecule has 0 radical (unpaired) electrons. The molecule has 11 aromatic carbocycles. The Hall–Kier alpha value is -8.79. The van der Waals surface area contributed by atoms with Gasteiger partial charge in [0.05, 0.1) is 0 Å². The summed E-state index contributed by atoms with van der Waals surface area (Å²) in [6.45, 7) is 0. The lowest BCUT2D eigenvalue weighted by atomic mass is 9.89. The zero-order chi connectivity index (χ0) is 43.8. The van der Waals surface area contributed by atoms with Crippen LogP contribution in [0.15, 0.2) is 249 Å². The lowest BCUT2D eigenvalue weighted by molar-refractivity contribution is 1.07. The van der Waals surface area contributed by atoms with Gasteiger partial charge in [-0.25, -0.2) is 15.0 Å². The Balaban J connectivity index is 0.980. The average Bonchev–Trinajstić information content (AvgIpc) is 3.40. The van der Waals surface area contributed by atoms with E-state index < -0.39 is 0 Å². The van der Waals surface area contributed by atoms with E-state index in [-0.39, 0.29) is 0 Å². The molecular weight excluding hydrogens is 799 g/mol. The molecule has 3 nitrogen and oxygen atoms in total. The summed E-state index contributed by atoms with van der Waals surface area (Å²) in [7, 11) is 0. The fraction of sp³-hybridized carbons (Fsp3) is 0. The molecule has 0 aliphatic rings. The molecule has 0 saturated carbocycles. The van der Waals surface area contributed by atoms with Crippen molar-refractivity contribution in [1.29, 1.82) is 0 Å². The van der Waals surface area contributed by atoms with Crippen LogP contribution < -0.4 is 0 Å². The minimum absolute atomic E-state index is 0.615. The Morgan fingerprint density at radius 1 is 0.197 bits per heavy atom. The Morgan fingerprint density at radius 2 is 0.576 bits per heavy atom. The topological polar surface area (TPSA) is 38.7 Å². The van der Waals surface area contributed by atoms with Crippen molar-refractivity contribution in [2.45, 2.75) is 0 Å². The van der Waals surface area contributed by atoms with Gasteiger partial charge in [0.1, 0.15) is 0 Å². The van der Waals surface area contributed by atoms with Gasteiger partial charge in [-0.2, -0.15) is 0 Å². The van der Waals surface area contributed by atoms with E-state index in [0.717, 1.165) is 38.9 Å². The minimum Gasteiger partial charge on any atom is -0.208 e. The van der Waals surface area contributed by atoms with E-state index in [1.54, 1.807) is 0 Å². The van der Waals surface area contributed by atoms with Crippen LogP contribution in [0, 0.1) is 0 Å². The van der Waals surface area contributed by atoms with Gasteiger partial charge in [-0.15, -0.1) is 0 Å². The Morgan fingerprint density at radius 3 is 1.21 bits per heavy atom. The van der Waals surface area contributed by atoms with E-state index in [1.165, 1.54) is 65.7 Å². The molecule has 3 heteroatoms. The van der Waals surface area contributed by atoms with Crippen molar-refractivity contribution in [2.24, 2.45) is 0 Å². The Bertz CT molecular complexity index is 3720. The first kappa shape index (κ1) is 38.9. The molecule has 0 unspecified atom stereocenters. The van der Waals surface area contributed by atoms with Crippen molar-refractivity contribution in [2.75, 3.05) is 0 Å². The van der Waals surface area contributed by atoms with Crippen molar-refractivity contribution in [1.82, 2.24) is 15.0 Å². The van der Waals surface area contributed by atoms with Crippen molar-refractivity contribution in [3.8, 4) is 89.8 Å². The van der Waals surface area contributed by atoms with Gasteiger partial charge < -0.3 is 0 Å². The van der Waals surface area contributed by atoms with Crippen LogP contribution in [-0.2, 0) is 0 Å². The molecule has 0 aliphatic carbocycles. The second-order valence-corrected chi connectivity index (χ2v) is 16.7. The minimum atomic E-state index is 0.615. The third-order valence-corrected chi connectivity index (χ3v) is 12.8. The van der Waals surface area contributed by atoms with Crippen LogP contribution in [0.4, 0.5) is 0 Å². The highest BCUT2D eigenvalue weighted by atomic mass is 15.0. The summed E-state index contributed by atoms with van der Waals surface area (Å²) in [5.74, 6) is 1.85. The van der Waals surface area contributed by atoms with Gasteiger partial charge in [-0.1, -0.05) is 243 Å². The summed E-state index contributed by atoms with van der Waals surface area (Å²) >= 11 is 0. The zero-order valence-corrected chi connectivity index (χ0v) is 36.0. The van der Waals surface area contributed by atoms with Crippen molar-refractivity contribution >= 4 is 32.3 Å². The van der Waals surface area contributed by atoms with Crippen LogP contribution in [0.5, 0.6) is 0 Å². The number of fused-ring (bicyclic) bond motifs is 3. The van der Waals surface area contributed by atoms with E-state index >= 15 is 0 Å². The molecule has 0 spiro atoms. The van der Waals surface area contributed by atoms with Crippen LogP contribution >= 0.6 is 0 Å². The lowest BCUT2D eigenvalue weighted by Gasteiger charge is -2.15. The first-order valence-corrected chi connectivity index (χ1v) is 22.4. The molecule has 0 bridgehead atoms. The van der Waals surface area contributed by atoms with Gasteiger partial charge in [0.2, 0.25) is 0 Å². The van der Waals surface area contributed by atoms with Crippen LogP contribution in [0.3, 0.4) is 0 Å². The number of nitrogens with zero attached hydrogens (tertiary/aromatic N) is 3. The molecule has 0 atom stereocenters. The second-order valence-electron chi connectivity index (χ2n) is 16.7. The molecule has 1 aromatic heterocycles. The highest BCUT2D eigenvalue weighted by Gasteiger charge is 2.17. The molecule has 0 saturated heterocycles. The second kappa shape index (κ2) is 16.7. The molecule has 0 amide bonds. The van der Waals surface area contributed by atoms with Gasteiger partial charge in [-0.05, 0) is 94.0 Å². The van der Waals surface area contributed by atoms with E-state index in [1.807, 2.05) is 0 Å². The van der Waals surface area contributed by atoms with E-state index in [9.17, 15) is 0 Å². The molecule has 12 aromatic rings. The standard InChI is InChI=1S/C63H41N3/c1-3-15-42(16-4-1)54-27-13-30-59-55(28-14-29-58(54)59)50-22-11-23-51(41-50)63-65-61(48-35-31-46(32-36-48)53-26-12-21-43-19-7-9-24-52(43)53)64-62(66-63)49-37-33-47(34-38-49)60-56-25-10-8-20-45(56)39-40-57(60)44-17-5-2-6-18-44/h1-41H. The molecule has 0 N–H and O–H groups in total. The fourth-order valence-electron chi connectivity index (χ4n) is 9.52. The van der Waals surface area contributed by atoms with Gasteiger partial charge in [0, 0.05) is 16.7 Å². The highest BCUT2D eigenvalue weighted by Crippen LogP contribution is 2.40. The van der Waals surface area contributed by atoms with Gasteiger partial charge in [0.15, 0.2) is 17.5 Å². The van der Waals surface area contributed by atoms with Crippen LogP contribution in [0.1, 0.15) is 0 Å². The first-order valence-electron chi connectivity index (χ1n) is 22.4. The monoisotopic (exact) mass is 839 g/mol. The molecule has 308 valence electrons. The quantitative estimate of drug-likeness (QED) is 0.153. The van der Waals surface area contributed by atoms with Crippen LogP contribution in [0.2, 0.25) is 0 Å². The zero-order valence-electron chi connectivity index (χ0n) is 36.0. The van der Waals surface area contributed by atoms with E-state index in [4.69, 9.17) is 15.0 Å². The Kier molecular flexibility index (Phi) is 9.85. The molecule has 0 aliphatic heterocycles. The van der Waals surface area contributed by atoms with Crippen molar-refractivity contribution in [3.63, 3.8) is 0 Å². The molecule has 0 fully saturated rings. The largest absolute Gasteiger partial charge is 0.208 e. The van der Waals surface area contributed by atoms with Gasteiger partial charge >= 0.3 is 0 Å². The normalized spacial score (nSPS) is 11.3. The smallest absolute Gasteiger partial charge is 0.164 e. The summed E-state index contributed by atoms with van der Waals surface area (Å²) in [4.78, 5) is 15.7. The summed E-state index contributed by atoms with van der Waals surface area (Å²) in [5.41, 5.74) is 14.5. The molecule has 66 heavy (non-hydrogen) atoms. The summed E-state index contributed by atoms with van der Waals surface area (Å²) in [6, 6.07) is 88.4. The maximum atomic E-state index is 5.24. The predicted molar refractivity (Wildman–Crippen MR) is 276 cm³/mol. The van der Waals surface area contributed by atoms with Gasteiger partial charge in [-0.3, -0.25) is 0 Å². The molecular formula is C63H41N3. The number of hydrogen-bond donors (Lipinski definition) is 0. The molecule has 12 rings (SSSR count). The van der Waals surface area contributed by atoms with Crippen LogP contribution in [-0.4, -0.2) is 15.0 Å². The number of rotatable bonds is 8. The average molecular weight is 840 g/mol. The van der Waals surface area contributed by atoms with E-state index in [0.29, 0.717) is 17.5 Å². The Labute approximate surface area is 384 Å². The summed E-state index contributed by atoms with van der Waals surface area (Å²) in [5, 5.41) is 7.27. The predicted octanol–water partition coefficient (Wildman–Crippen LogP) is 16.7. The summed E-state index contributed by atoms with van der Waals surface area (Å²) in [6.07, 6.45) is 0. The third-order valence-electron chi connectivity index (χ3n) is 12.8.